The maximum absolute atomic E-state index is 13.0. The first-order valence-electron chi connectivity index (χ1n) is 9.48. The van der Waals surface area contributed by atoms with Crippen molar-refractivity contribution in [3.63, 3.8) is 0 Å². The minimum absolute atomic E-state index is 0.000134. The van der Waals surface area contributed by atoms with Crippen LogP contribution < -0.4 is 10.3 Å². The van der Waals surface area contributed by atoms with Crippen molar-refractivity contribution in [2.24, 2.45) is 0 Å². The third-order valence-corrected chi connectivity index (χ3v) is 5.39. The molecule has 0 N–H and O–H groups in total. The number of ether oxygens (including phenoxy) is 1. The van der Waals surface area contributed by atoms with Gasteiger partial charge in [0.15, 0.2) is 0 Å². The Morgan fingerprint density at radius 3 is 2.75 bits per heavy atom. The van der Waals surface area contributed by atoms with Gasteiger partial charge in [-0.05, 0) is 43.5 Å². The maximum Gasteiger partial charge on any atom is 0.275 e. The van der Waals surface area contributed by atoms with Crippen molar-refractivity contribution in [1.82, 2.24) is 14.7 Å². The average molecular weight is 377 g/mol. The molecule has 0 radical (unpaired) electrons. The lowest BCUT2D eigenvalue weighted by Gasteiger charge is -2.25. The number of rotatable bonds is 4. The number of hydrogen-bond acceptors (Lipinski definition) is 4. The minimum Gasteiger partial charge on any atom is -0.497 e. The van der Waals surface area contributed by atoms with Crippen molar-refractivity contribution in [3.05, 3.63) is 70.1 Å². The fourth-order valence-electron chi connectivity index (χ4n) is 3.99. The highest BCUT2D eigenvalue weighted by Crippen LogP contribution is 2.33. The fourth-order valence-corrected chi connectivity index (χ4v) is 3.99. The van der Waals surface area contributed by atoms with Crippen LogP contribution in [0.25, 0.3) is 10.8 Å². The van der Waals surface area contributed by atoms with Gasteiger partial charge in [0.2, 0.25) is 5.91 Å². The molecule has 1 atom stereocenters. The zero-order valence-electron chi connectivity index (χ0n) is 16.1. The van der Waals surface area contributed by atoms with E-state index in [1.165, 1.54) is 4.68 Å². The number of carbonyl (C=O) groups excluding carboxylic acids is 1. The zero-order chi connectivity index (χ0) is 19.7. The molecule has 2 aromatic carbocycles. The summed E-state index contributed by atoms with van der Waals surface area (Å²) in [5.74, 6) is 0.689. The number of aryl methyl sites for hydroxylation is 1. The molecule has 0 bridgehead atoms. The molecular weight excluding hydrogens is 354 g/mol. The van der Waals surface area contributed by atoms with Crippen molar-refractivity contribution >= 4 is 16.7 Å². The van der Waals surface area contributed by atoms with E-state index in [-0.39, 0.29) is 24.1 Å². The Morgan fingerprint density at radius 2 is 1.96 bits per heavy atom. The quantitative estimate of drug-likeness (QED) is 0.701. The molecule has 1 aliphatic rings. The SMILES string of the molecule is COc1cccc(C2CCCN2C(=O)Cn2nc(C)c3ccccc3c2=O)c1. The van der Waals surface area contributed by atoms with Gasteiger partial charge in [-0.1, -0.05) is 30.3 Å². The Hall–Kier alpha value is -3.15. The van der Waals surface area contributed by atoms with E-state index in [4.69, 9.17) is 4.74 Å². The Balaban J connectivity index is 1.62. The molecule has 1 aliphatic heterocycles. The number of likely N-dealkylation sites (tertiary alicyclic amines) is 1. The Kier molecular flexibility index (Phi) is 4.86. The van der Waals surface area contributed by atoms with Crippen LogP contribution in [-0.2, 0) is 11.3 Å². The van der Waals surface area contributed by atoms with Crippen molar-refractivity contribution in [1.29, 1.82) is 0 Å². The summed E-state index contributed by atoms with van der Waals surface area (Å²) in [6.45, 7) is 2.49. The molecule has 0 spiro atoms. The number of hydrogen-bond donors (Lipinski definition) is 0. The first-order valence-corrected chi connectivity index (χ1v) is 9.48. The van der Waals surface area contributed by atoms with Gasteiger partial charge in [0.1, 0.15) is 12.3 Å². The topological polar surface area (TPSA) is 64.4 Å². The summed E-state index contributed by atoms with van der Waals surface area (Å²) in [4.78, 5) is 27.7. The molecule has 6 heteroatoms. The Labute approximate surface area is 163 Å². The predicted octanol–water partition coefficient (Wildman–Crippen LogP) is 3.08. The number of amides is 1. The maximum atomic E-state index is 13.0. The van der Waals surface area contributed by atoms with Crippen molar-refractivity contribution < 1.29 is 9.53 Å². The molecule has 1 aromatic heterocycles. The van der Waals surface area contributed by atoms with E-state index in [0.717, 1.165) is 35.2 Å². The fraction of sp³-hybridized carbons (Fsp3) is 0.318. The van der Waals surface area contributed by atoms with Crippen molar-refractivity contribution in [3.8, 4) is 5.75 Å². The summed E-state index contributed by atoms with van der Waals surface area (Å²) < 4.78 is 6.61. The van der Waals surface area contributed by atoms with Crippen molar-refractivity contribution in [2.45, 2.75) is 32.4 Å². The van der Waals surface area contributed by atoms with Crippen LogP contribution in [0.2, 0.25) is 0 Å². The normalized spacial score (nSPS) is 16.5. The largest absolute Gasteiger partial charge is 0.497 e. The smallest absolute Gasteiger partial charge is 0.275 e. The van der Waals surface area contributed by atoms with Gasteiger partial charge in [0.25, 0.3) is 5.56 Å². The zero-order valence-corrected chi connectivity index (χ0v) is 16.1. The van der Waals surface area contributed by atoms with Crippen molar-refractivity contribution in [2.75, 3.05) is 13.7 Å². The highest BCUT2D eigenvalue weighted by Gasteiger charge is 2.30. The van der Waals surface area contributed by atoms with Crippen LogP contribution in [0.15, 0.2) is 53.3 Å². The van der Waals surface area contributed by atoms with E-state index in [2.05, 4.69) is 5.10 Å². The summed E-state index contributed by atoms with van der Waals surface area (Å²) in [6, 6.07) is 15.2. The van der Waals surface area contributed by atoms with E-state index in [1.54, 1.807) is 13.2 Å². The van der Waals surface area contributed by atoms with Crippen LogP contribution in [0.4, 0.5) is 0 Å². The number of fused-ring (bicyclic) bond motifs is 1. The first-order chi connectivity index (χ1) is 13.6. The molecule has 0 saturated carbocycles. The molecule has 1 unspecified atom stereocenters. The van der Waals surface area contributed by atoms with Crippen LogP contribution in [0.3, 0.4) is 0 Å². The lowest BCUT2D eigenvalue weighted by molar-refractivity contribution is -0.133. The van der Waals surface area contributed by atoms with E-state index >= 15 is 0 Å². The minimum atomic E-state index is -0.230. The number of aromatic nitrogens is 2. The molecule has 3 aromatic rings. The van der Waals surface area contributed by atoms with Crippen LogP contribution >= 0.6 is 0 Å². The second kappa shape index (κ2) is 7.46. The van der Waals surface area contributed by atoms with Gasteiger partial charge in [-0.2, -0.15) is 5.10 Å². The summed E-state index contributed by atoms with van der Waals surface area (Å²) in [7, 11) is 1.64. The average Bonchev–Trinajstić information content (AvgIpc) is 3.22. The molecule has 1 saturated heterocycles. The summed E-state index contributed by atoms with van der Waals surface area (Å²) in [5.41, 5.74) is 1.57. The highest BCUT2D eigenvalue weighted by atomic mass is 16.5. The van der Waals surface area contributed by atoms with Gasteiger partial charge in [-0.25, -0.2) is 4.68 Å². The van der Waals surface area contributed by atoms with Crippen LogP contribution in [0, 0.1) is 6.92 Å². The summed E-state index contributed by atoms with van der Waals surface area (Å²) >= 11 is 0. The number of benzene rings is 2. The predicted molar refractivity (Wildman–Crippen MR) is 107 cm³/mol. The van der Waals surface area contributed by atoms with Crippen LogP contribution in [0.5, 0.6) is 5.75 Å². The van der Waals surface area contributed by atoms with Gasteiger partial charge < -0.3 is 9.64 Å². The van der Waals surface area contributed by atoms with E-state index in [1.807, 2.05) is 54.3 Å². The first kappa shape index (κ1) is 18.2. The number of nitrogens with zero attached hydrogens (tertiary/aromatic N) is 3. The summed E-state index contributed by atoms with van der Waals surface area (Å²) in [6.07, 6.45) is 1.84. The monoisotopic (exact) mass is 377 g/mol. The molecule has 1 amide bonds. The molecule has 144 valence electrons. The third-order valence-electron chi connectivity index (χ3n) is 5.39. The molecule has 6 nitrogen and oxygen atoms in total. The lowest BCUT2D eigenvalue weighted by atomic mass is 10.0. The highest BCUT2D eigenvalue weighted by molar-refractivity contribution is 5.83. The van der Waals surface area contributed by atoms with Crippen LogP contribution in [0.1, 0.15) is 30.1 Å². The molecule has 2 heterocycles. The third kappa shape index (κ3) is 3.26. The molecule has 1 fully saturated rings. The second-order valence-corrected chi connectivity index (χ2v) is 7.12. The van der Waals surface area contributed by atoms with E-state index < -0.39 is 0 Å². The number of methoxy groups -OCH3 is 1. The summed E-state index contributed by atoms with van der Waals surface area (Å²) in [5, 5.41) is 5.79. The standard InChI is InChI=1S/C22H23N3O3/c1-15-18-9-3-4-10-19(18)22(27)25(23-15)14-21(26)24-12-6-11-20(24)16-7-5-8-17(13-16)28-2/h3-5,7-10,13,20H,6,11-12,14H2,1-2H3. The van der Waals surface area contributed by atoms with Crippen LogP contribution in [-0.4, -0.2) is 34.2 Å². The van der Waals surface area contributed by atoms with E-state index in [9.17, 15) is 9.59 Å². The molecule has 4 rings (SSSR count). The number of carbonyl (C=O) groups is 1. The molecular formula is C22H23N3O3. The molecule has 0 aliphatic carbocycles. The van der Waals surface area contributed by atoms with Gasteiger partial charge in [0.05, 0.1) is 24.2 Å². The second-order valence-electron chi connectivity index (χ2n) is 7.12. The Morgan fingerprint density at radius 1 is 1.18 bits per heavy atom. The Bertz CT molecular complexity index is 1090. The van der Waals surface area contributed by atoms with Gasteiger partial charge >= 0.3 is 0 Å². The van der Waals surface area contributed by atoms with Gasteiger partial charge in [-0.15, -0.1) is 0 Å². The van der Waals surface area contributed by atoms with Gasteiger partial charge in [-0.3, -0.25) is 9.59 Å². The molecule has 28 heavy (non-hydrogen) atoms. The lowest BCUT2D eigenvalue weighted by Crippen LogP contribution is -2.37. The van der Waals surface area contributed by atoms with Gasteiger partial charge in [0, 0.05) is 11.9 Å². The van der Waals surface area contributed by atoms with E-state index in [0.29, 0.717) is 11.9 Å².